The molecule has 14 heteroatoms. The Morgan fingerprint density at radius 1 is 0.743 bits per heavy atom. The number of nitrogens with two attached hydrogens (primary N) is 1. The van der Waals surface area contributed by atoms with Gasteiger partial charge in [-0.3, -0.25) is 19.2 Å². The lowest BCUT2D eigenvalue weighted by Crippen LogP contribution is -2.61. The second-order valence-corrected chi connectivity index (χ2v) is 9.09. The van der Waals surface area contributed by atoms with Gasteiger partial charge in [-0.25, -0.2) is 4.79 Å². The molecule has 0 fully saturated rings. The molecule has 0 heterocycles. The van der Waals surface area contributed by atoms with Crippen LogP contribution in [-0.2, 0) is 24.0 Å². The number of rotatable bonds is 16. The molecule has 0 radical (unpaired) electrons. The largest absolute Gasteiger partial charge is 0.480 e. The summed E-state index contributed by atoms with van der Waals surface area (Å²) < 4.78 is 0. The summed E-state index contributed by atoms with van der Waals surface area (Å²) in [6.07, 6.45) is 0.987. The Bertz CT molecular complexity index is 743. The van der Waals surface area contributed by atoms with Gasteiger partial charge in [0.2, 0.25) is 23.6 Å². The van der Waals surface area contributed by atoms with E-state index in [0.717, 1.165) is 0 Å². The third-order valence-electron chi connectivity index (χ3n) is 5.73. The standard InChI is InChI=1S/C21H39N5O7S2/c1-5-10(3)15(19(30)23-13(7-27)21(32)33)26-20(31)16(11(4)6-2)25-18(29)14(9-35)24-17(28)12(22)8-34/h10-16,27,34-35H,5-9,22H2,1-4H3,(H,23,30)(H,24,28)(H,25,29)(H,26,31)(H,32,33)/t10-,11-,12-,13-,14-,15-,16-/m0/s1. The van der Waals surface area contributed by atoms with Crippen molar-refractivity contribution in [3.63, 3.8) is 0 Å². The van der Waals surface area contributed by atoms with E-state index in [4.69, 9.17) is 10.8 Å². The number of nitrogens with one attached hydrogen (secondary N) is 4. The molecule has 0 rings (SSSR count). The van der Waals surface area contributed by atoms with Crippen molar-refractivity contribution in [1.82, 2.24) is 21.3 Å². The Morgan fingerprint density at radius 2 is 1.17 bits per heavy atom. The van der Waals surface area contributed by atoms with Crippen molar-refractivity contribution in [3.8, 4) is 0 Å². The van der Waals surface area contributed by atoms with Crippen molar-refractivity contribution in [1.29, 1.82) is 0 Å². The molecule has 0 aromatic heterocycles. The predicted molar refractivity (Wildman–Crippen MR) is 137 cm³/mol. The van der Waals surface area contributed by atoms with E-state index in [9.17, 15) is 29.1 Å². The highest BCUT2D eigenvalue weighted by atomic mass is 32.1. The first kappa shape index (κ1) is 33.0. The lowest BCUT2D eigenvalue weighted by molar-refractivity contribution is -0.143. The van der Waals surface area contributed by atoms with Crippen LogP contribution in [0.2, 0.25) is 0 Å². The fourth-order valence-electron chi connectivity index (χ4n) is 2.90. The number of aliphatic hydroxyl groups excluding tert-OH is 1. The van der Waals surface area contributed by atoms with E-state index >= 15 is 0 Å². The molecule has 12 nitrogen and oxygen atoms in total. The fourth-order valence-corrected chi connectivity index (χ4v) is 3.33. The SMILES string of the molecule is CC[C@H](C)[C@H](NC(=O)[C@H](CS)NC(=O)[C@@H](N)CS)C(=O)N[C@H](C(=O)N[C@@H](CO)C(=O)O)[C@@H](C)CC. The Balaban J connectivity index is 5.67. The lowest BCUT2D eigenvalue weighted by Gasteiger charge is -2.30. The average Bonchev–Trinajstić information content (AvgIpc) is 2.84. The van der Waals surface area contributed by atoms with Crippen molar-refractivity contribution in [2.24, 2.45) is 17.6 Å². The number of thiol groups is 2. The Hall–Kier alpha value is -2.03. The molecule has 0 aromatic carbocycles. The van der Waals surface area contributed by atoms with E-state index in [1.165, 1.54) is 0 Å². The predicted octanol–water partition coefficient (Wildman–Crippen LogP) is -1.72. The van der Waals surface area contributed by atoms with Crippen LogP contribution in [0.3, 0.4) is 0 Å². The van der Waals surface area contributed by atoms with Gasteiger partial charge < -0.3 is 37.2 Å². The molecule has 7 atom stereocenters. The van der Waals surface area contributed by atoms with Gasteiger partial charge in [-0.1, -0.05) is 40.5 Å². The first-order valence-electron chi connectivity index (χ1n) is 11.4. The Labute approximate surface area is 216 Å². The number of carboxylic acid groups (broad SMARTS) is 1. The second kappa shape index (κ2) is 16.6. The summed E-state index contributed by atoms with van der Waals surface area (Å²) in [4.78, 5) is 62.0. The molecule has 0 bridgehead atoms. The molecular weight excluding hydrogens is 498 g/mol. The highest BCUT2D eigenvalue weighted by molar-refractivity contribution is 7.80. The first-order valence-corrected chi connectivity index (χ1v) is 12.7. The fraction of sp³-hybridized carbons (Fsp3) is 0.762. The molecular formula is C21H39N5O7S2. The van der Waals surface area contributed by atoms with Gasteiger partial charge in [0.05, 0.1) is 12.6 Å². The van der Waals surface area contributed by atoms with Gasteiger partial charge >= 0.3 is 5.97 Å². The molecule has 0 aliphatic rings. The van der Waals surface area contributed by atoms with Gasteiger partial charge in [0, 0.05) is 11.5 Å². The molecule has 0 unspecified atom stereocenters. The van der Waals surface area contributed by atoms with Gasteiger partial charge in [-0.05, 0) is 11.8 Å². The monoisotopic (exact) mass is 537 g/mol. The third kappa shape index (κ3) is 10.6. The third-order valence-corrected chi connectivity index (χ3v) is 6.49. The summed E-state index contributed by atoms with van der Waals surface area (Å²) >= 11 is 8.05. The minimum Gasteiger partial charge on any atom is -0.480 e. The van der Waals surface area contributed by atoms with Crippen LogP contribution >= 0.6 is 25.3 Å². The zero-order chi connectivity index (χ0) is 27.3. The molecule has 8 N–H and O–H groups in total. The van der Waals surface area contributed by atoms with Crippen molar-refractivity contribution in [2.45, 2.75) is 70.7 Å². The van der Waals surface area contributed by atoms with Gasteiger partial charge in [0.1, 0.15) is 24.2 Å². The minimum atomic E-state index is -1.53. The number of carbonyl (C=O) groups is 5. The van der Waals surface area contributed by atoms with Crippen molar-refractivity contribution in [3.05, 3.63) is 0 Å². The van der Waals surface area contributed by atoms with Crippen LogP contribution < -0.4 is 27.0 Å². The maximum atomic E-state index is 13.2. The topological polar surface area (TPSA) is 200 Å². The van der Waals surface area contributed by atoms with Gasteiger partial charge in [0.25, 0.3) is 0 Å². The van der Waals surface area contributed by atoms with Crippen LogP contribution in [0.15, 0.2) is 0 Å². The normalized spacial score (nSPS) is 17.0. The first-order chi connectivity index (χ1) is 16.4. The molecule has 0 aromatic rings. The number of carboxylic acids is 1. The maximum Gasteiger partial charge on any atom is 0.328 e. The Morgan fingerprint density at radius 3 is 1.54 bits per heavy atom. The van der Waals surface area contributed by atoms with E-state index in [-0.39, 0.29) is 23.3 Å². The molecule has 0 spiro atoms. The lowest BCUT2D eigenvalue weighted by atomic mass is 9.94. The molecule has 4 amide bonds. The van der Waals surface area contributed by atoms with E-state index in [2.05, 4.69) is 46.5 Å². The molecule has 0 aliphatic carbocycles. The van der Waals surface area contributed by atoms with E-state index in [1.807, 2.05) is 6.92 Å². The number of aliphatic carboxylic acids is 1. The van der Waals surface area contributed by atoms with Crippen LogP contribution in [0.25, 0.3) is 0 Å². The van der Waals surface area contributed by atoms with E-state index in [0.29, 0.717) is 12.8 Å². The van der Waals surface area contributed by atoms with Gasteiger partial charge in [-0.2, -0.15) is 25.3 Å². The molecule has 35 heavy (non-hydrogen) atoms. The van der Waals surface area contributed by atoms with Crippen molar-refractivity contribution in [2.75, 3.05) is 18.1 Å². The zero-order valence-corrected chi connectivity index (χ0v) is 22.3. The number of aliphatic hydroxyl groups is 1. The number of hydrogen-bond acceptors (Lipinski definition) is 9. The summed E-state index contributed by atoms with van der Waals surface area (Å²) in [6.45, 7) is 6.23. The highest BCUT2D eigenvalue weighted by Crippen LogP contribution is 2.13. The molecule has 0 aliphatic heterocycles. The number of amides is 4. The smallest absolute Gasteiger partial charge is 0.328 e. The zero-order valence-electron chi connectivity index (χ0n) is 20.5. The van der Waals surface area contributed by atoms with Crippen LogP contribution in [-0.4, -0.2) is 88.1 Å². The number of hydrogen-bond donors (Lipinski definition) is 9. The Kier molecular flexibility index (Phi) is 15.6. The number of carbonyl (C=O) groups excluding carboxylic acids is 4. The highest BCUT2D eigenvalue weighted by Gasteiger charge is 2.34. The summed E-state index contributed by atoms with van der Waals surface area (Å²) in [5, 5.41) is 28.2. The average molecular weight is 538 g/mol. The quantitative estimate of drug-likeness (QED) is 0.104. The van der Waals surface area contributed by atoms with Crippen molar-refractivity contribution >= 4 is 54.9 Å². The van der Waals surface area contributed by atoms with Crippen LogP contribution in [0.1, 0.15) is 40.5 Å². The summed E-state index contributed by atoms with van der Waals surface area (Å²) in [7, 11) is 0. The van der Waals surface area contributed by atoms with Crippen LogP contribution in [0, 0.1) is 11.8 Å². The summed E-state index contributed by atoms with van der Waals surface area (Å²) in [5.41, 5.74) is 5.63. The van der Waals surface area contributed by atoms with Gasteiger partial charge in [0.15, 0.2) is 0 Å². The van der Waals surface area contributed by atoms with Crippen molar-refractivity contribution < 1.29 is 34.2 Å². The van der Waals surface area contributed by atoms with E-state index < -0.39 is 66.4 Å². The van der Waals surface area contributed by atoms with Crippen LogP contribution in [0.4, 0.5) is 0 Å². The molecule has 0 saturated carbocycles. The van der Waals surface area contributed by atoms with Gasteiger partial charge in [-0.15, -0.1) is 0 Å². The summed E-state index contributed by atoms with van der Waals surface area (Å²) in [6, 6.07) is -5.69. The molecule has 202 valence electrons. The summed E-state index contributed by atoms with van der Waals surface area (Å²) in [5.74, 6) is -4.81. The van der Waals surface area contributed by atoms with Crippen LogP contribution in [0.5, 0.6) is 0 Å². The van der Waals surface area contributed by atoms with E-state index in [1.54, 1.807) is 20.8 Å². The molecule has 0 saturated heterocycles. The minimum absolute atomic E-state index is 0.0542. The second-order valence-electron chi connectivity index (χ2n) is 8.36. The maximum absolute atomic E-state index is 13.2.